The minimum Gasteiger partial charge on any atom is -0.336 e. The molecule has 1 aromatic heterocycles. The van der Waals surface area contributed by atoms with Crippen molar-refractivity contribution >= 4 is 29.1 Å². The molecule has 188 valence electrons. The van der Waals surface area contributed by atoms with Crippen molar-refractivity contribution in [1.29, 1.82) is 0 Å². The number of carbonyl (C=O) groups is 2. The van der Waals surface area contributed by atoms with Crippen LogP contribution in [0, 0.1) is 0 Å². The molecule has 4 rings (SSSR count). The molecule has 1 saturated heterocycles. The van der Waals surface area contributed by atoms with Gasteiger partial charge in [0.1, 0.15) is 0 Å². The fourth-order valence-electron chi connectivity index (χ4n) is 5.19. The quantitative estimate of drug-likeness (QED) is 0.585. The summed E-state index contributed by atoms with van der Waals surface area (Å²) in [6.45, 7) is 10.3. The zero-order valence-corrected chi connectivity index (χ0v) is 21.0. The van der Waals surface area contributed by atoms with Crippen molar-refractivity contribution in [3.8, 4) is 0 Å². The van der Waals surface area contributed by atoms with Crippen molar-refractivity contribution in [3.63, 3.8) is 0 Å². The molecule has 0 unspecified atom stereocenters. The SMILES string of the molecule is CCCN(CCC)[C@H]1CCCCN(CCNC(=O)N2c3ccccc3C(=O)Nc3cccnc32)C1. The Morgan fingerprint density at radius 3 is 2.74 bits per heavy atom. The Balaban J connectivity index is 1.44. The van der Waals surface area contributed by atoms with Gasteiger partial charge in [-0.2, -0.15) is 0 Å². The summed E-state index contributed by atoms with van der Waals surface area (Å²) in [5.41, 5.74) is 1.50. The van der Waals surface area contributed by atoms with E-state index in [1.807, 2.05) is 6.07 Å². The molecule has 3 heterocycles. The van der Waals surface area contributed by atoms with Gasteiger partial charge in [-0.3, -0.25) is 9.69 Å². The van der Waals surface area contributed by atoms with Crippen LogP contribution in [0.1, 0.15) is 56.3 Å². The molecule has 2 N–H and O–H groups in total. The van der Waals surface area contributed by atoms with E-state index in [1.54, 1.807) is 36.5 Å². The van der Waals surface area contributed by atoms with Gasteiger partial charge in [-0.05, 0) is 69.6 Å². The first-order valence-electron chi connectivity index (χ1n) is 13.0. The number of anilines is 3. The molecule has 0 spiro atoms. The maximum Gasteiger partial charge on any atom is 0.327 e. The monoisotopic (exact) mass is 478 g/mol. The topological polar surface area (TPSA) is 80.8 Å². The average molecular weight is 479 g/mol. The molecular weight excluding hydrogens is 440 g/mol. The van der Waals surface area contributed by atoms with Crippen molar-refractivity contribution in [3.05, 3.63) is 48.2 Å². The Labute approximate surface area is 208 Å². The van der Waals surface area contributed by atoms with Crippen LogP contribution in [-0.2, 0) is 0 Å². The number of pyridine rings is 1. The fraction of sp³-hybridized carbons (Fsp3) is 0.519. The number of likely N-dealkylation sites (tertiary alicyclic amines) is 1. The minimum absolute atomic E-state index is 0.246. The molecular formula is C27H38N6O2. The first-order chi connectivity index (χ1) is 17.1. The summed E-state index contributed by atoms with van der Waals surface area (Å²) in [5, 5.41) is 5.97. The number of urea groups is 1. The van der Waals surface area contributed by atoms with E-state index in [9.17, 15) is 9.59 Å². The molecule has 1 fully saturated rings. The van der Waals surface area contributed by atoms with Crippen LogP contribution in [0.2, 0.25) is 0 Å². The summed E-state index contributed by atoms with van der Waals surface area (Å²) in [5.74, 6) is 0.178. The number of nitrogens with one attached hydrogen (secondary N) is 2. The lowest BCUT2D eigenvalue weighted by Crippen LogP contribution is -2.46. The highest BCUT2D eigenvalue weighted by atomic mass is 16.2. The summed E-state index contributed by atoms with van der Waals surface area (Å²) in [7, 11) is 0. The standard InChI is InChI=1S/C27H38N6O2/c1-3-16-32(17-4-2)21-10-7-8-18-31(20-21)19-15-29-27(35)33-24-13-6-5-11-22(24)26(34)30-23-12-9-14-28-25(23)33/h5-6,9,11-14,21H,3-4,7-8,10,15-20H2,1-2H3,(H,29,35)(H,30,34)/t21-/m0/s1. The van der Waals surface area contributed by atoms with Gasteiger partial charge in [0.25, 0.3) is 5.91 Å². The first kappa shape index (κ1) is 25.1. The van der Waals surface area contributed by atoms with Crippen LogP contribution >= 0.6 is 0 Å². The number of hydrogen-bond donors (Lipinski definition) is 2. The Morgan fingerprint density at radius 2 is 1.94 bits per heavy atom. The van der Waals surface area contributed by atoms with Crippen molar-refractivity contribution in [1.82, 2.24) is 20.1 Å². The number of nitrogens with zero attached hydrogens (tertiary/aromatic N) is 4. The first-order valence-corrected chi connectivity index (χ1v) is 13.0. The lowest BCUT2D eigenvalue weighted by molar-refractivity contribution is 0.102. The summed E-state index contributed by atoms with van der Waals surface area (Å²) in [4.78, 5) is 37.3. The highest BCUT2D eigenvalue weighted by Crippen LogP contribution is 2.35. The van der Waals surface area contributed by atoms with E-state index in [1.165, 1.54) is 37.0 Å². The molecule has 0 saturated carbocycles. The van der Waals surface area contributed by atoms with Crippen LogP contribution in [-0.4, -0.2) is 72.0 Å². The largest absolute Gasteiger partial charge is 0.336 e. The molecule has 35 heavy (non-hydrogen) atoms. The van der Waals surface area contributed by atoms with Gasteiger partial charge >= 0.3 is 6.03 Å². The zero-order chi connectivity index (χ0) is 24.6. The van der Waals surface area contributed by atoms with Gasteiger partial charge in [0.05, 0.1) is 16.9 Å². The summed E-state index contributed by atoms with van der Waals surface area (Å²) in [6, 6.07) is 11.0. The molecule has 8 nitrogen and oxygen atoms in total. The van der Waals surface area contributed by atoms with Gasteiger partial charge in [0.2, 0.25) is 0 Å². The predicted octanol–water partition coefficient (Wildman–Crippen LogP) is 4.47. The number of benzene rings is 1. The molecule has 0 aliphatic carbocycles. The maximum atomic E-state index is 13.4. The molecule has 1 atom stereocenters. The second-order valence-electron chi connectivity index (χ2n) is 9.40. The van der Waals surface area contributed by atoms with Gasteiger partial charge in [-0.25, -0.2) is 14.7 Å². The fourth-order valence-corrected chi connectivity index (χ4v) is 5.19. The molecule has 0 bridgehead atoms. The maximum absolute atomic E-state index is 13.4. The van der Waals surface area contributed by atoms with Crippen LogP contribution in [0.4, 0.5) is 22.0 Å². The van der Waals surface area contributed by atoms with Gasteiger partial charge in [-0.15, -0.1) is 0 Å². The number of fused-ring (bicyclic) bond motifs is 2. The number of para-hydroxylation sites is 1. The number of rotatable bonds is 8. The lowest BCUT2D eigenvalue weighted by atomic mass is 10.1. The molecule has 1 aromatic carbocycles. The van der Waals surface area contributed by atoms with Gasteiger partial charge in [0.15, 0.2) is 5.82 Å². The van der Waals surface area contributed by atoms with Gasteiger partial charge in [-0.1, -0.05) is 32.4 Å². The van der Waals surface area contributed by atoms with Crippen molar-refractivity contribution in [2.45, 2.75) is 52.0 Å². The number of aromatic nitrogens is 1. The third kappa shape index (κ3) is 6.00. The van der Waals surface area contributed by atoms with E-state index in [0.717, 1.165) is 32.7 Å². The average Bonchev–Trinajstić information content (AvgIpc) is 3.17. The second-order valence-corrected chi connectivity index (χ2v) is 9.40. The smallest absolute Gasteiger partial charge is 0.327 e. The van der Waals surface area contributed by atoms with E-state index < -0.39 is 0 Å². The Morgan fingerprint density at radius 1 is 1.14 bits per heavy atom. The van der Waals surface area contributed by atoms with E-state index >= 15 is 0 Å². The highest BCUT2D eigenvalue weighted by molar-refractivity contribution is 6.16. The minimum atomic E-state index is -0.279. The Kier molecular flexibility index (Phi) is 8.71. The summed E-state index contributed by atoms with van der Waals surface area (Å²) >= 11 is 0. The molecule has 8 heteroatoms. The highest BCUT2D eigenvalue weighted by Gasteiger charge is 2.30. The Bertz CT molecular complexity index is 1010. The van der Waals surface area contributed by atoms with Crippen LogP contribution < -0.4 is 15.5 Å². The molecule has 0 radical (unpaired) electrons. The predicted molar refractivity (Wildman–Crippen MR) is 140 cm³/mol. The van der Waals surface area contributed by atoms with Crippen LogP contribution in [0.15, 0.2) is 42.6 Å². The van der Waals surface area contributed by atoms with Crippen LogP contribution in [0.25, 0.3) is 0 Å². The van der Waals surface area contributed by atoms with Crippen molar-refractivity contribution in [2.24, 2.45) is 0 Å². The normalized spacial score (nSPS) is 18.3. The Hall–Kier alpha value is -2.97. The van der Waals surface area contributed by atoms with Gasteiger partial charge in [0, 0.05) is 31.9 Å². The molecule has 2 aromatic rings. The van der Waals surface area contributed by atoms with Crippen LogP contribution in [0.3, 0.4) is 0 Å². The van der Waals surface area contributed by atoms with Crippen molar-refractivity contribution in [2.75, 3.05) is 49.5 Å². The van der Waals surface area contributed by atoms with Gasteiger partial charge < -0.3 is 15.5 Å². The number of amides is 3. The number of hydrogen-bond acceptors (Lipinski definition) is 5. The lowest BCUT2D eigenvalue weighted by Gasteiger charge is -2.33. The van der Waals surface area contributed by atoms with E-state index in [2.05, 4.69) is 39.3 Å². The third-order valence-electron chi connectivity index (χ3n) is 6.81. The second kappa shape index (κ2) is 12.1. The summed E-state index contributed by atoms with van der Waals surface area (Å²) < 4.78 is 0. The van der Waals surface area contributed by atoms with Crippen LogP contribution in [0.5, 0.6) is 0 Å². The van der Waals surface area contributed by atoms with E-state index in [-0.39, 0.29) is 11.9 Å². The molecule has 2 aliphatic rings. The van der Waals surface area contributed by atoms with E-state index in [0.29, 0.717) is 35.3 Å². The zero-order valence-electron chi connectivity index (χ0n) is 21.0. The molecule has 3 amide bonds. The number of carbonyl (C=O) groups excluding carboxylic acids is 2. The third-order valence-corrected chi connectivity index (χ3v) is 6.81. The summed E-state index contributed by atoms with van der Waals surface area (Å²) in [6.07, 6.45) is 7.69. The van der Waals surface area contributed by atoms with E-state index in [4.69, 9.17) is 0 Å². The van der Waals surface area contributed by atoms with Crippen molar-refractivity contribution < 1.29 is 9.59 Å². The molecule has 2 aliphatic heterocycles.